The molecule has 2 saturated heterocycles. The third kappa shape index (κ3) is 4.26. The van der Waals surface area contributed by atoms with Gasteiger partial charge in [0.2, 0.25) is 5.91 Å². The van der Waals surface area contributed by atoms with E-state index in [2.05, 4.69) is 5.32 Å². The zero-order chi connectivity index (χ0) is 25.4. The second-order valence-corrected chi connectivity index (χ2v) is 9.21. The predicted molar refractivity (Wildman–Crippen MR) is 129 cm³/mol. The van der Waals surface area contributed by atoms with E-state index in [-0.39, 0.29) is 24.3 Å². The van der Waals surface area contributed by atoms with Gasteiger partial charge in [-0.15, -0.1) is 0 Å². The van der Waals surface area contributed by atoms with Gasteiger partial charge in [-0.1, -0.05) is 12.8 Å². The minimum absolute atomic E-state index is 0.0360. The Kier molecular flexibility index (Phi) is 6.53. The van der Waals surface area contributed by atoms with Crippen LogP contribution in [0, 0.1) is 11.7 Å². The van der Waals surface area contributed by atoms with Crippen molar-refractivity contribution in [2.75, 3.05) is 31.0 Å². The zero-order valence-corrected chi connectivity index (χ0v) is 20.1. The number of urea groups is 1. The number of carbonyl (C=O) groups excluding carboxylic acids is 3. The summed E-state index contributed by atoms with van der Waals surface area (Å²) in [6.45, 7) is -0.294. The molecule has 1 saturated carbocycles. The molecular formula is C26H28FN3O6. The fourth-order valence-electron chi connectivity index (χ4n) is 5.51. The summed E-state index contributed by atoms with van der Waals surface area (Å²) in [5, 5.41) is 2.80. The lowest BCUT2D eigenvalue weighted by Crippen LogP contribution is -2.65. The molecule has 36 heavy (non-hydrogen) atoms. The standard InChI is InChI=1S/C26H28FN3O6/c1-34-17-11-12-21(35-2)19(13-17)28-22(31)14-29-23-18-5-3-4-6-20(18)36-24(23)25(32)30(26(29)33)16-9-7-15(27)8-10-16/h7-13,18,20,23-24H,3-6,14H2,1-2H3,(H,28,31). The van der Waals surface area contributed by atoms with E-state index in [0.29, 0.717) is 17.2 Å². The number of amides is 4. The molecule has 4 unspecified atom stereocenters. The lowest BCUT2D eigenvalue weighted by atomic mass is 9.81. The summed E-state index contributed by atoms with van der Waals surface area (Å²) >= 11 is 0. The molecule has 4 atom stereocenters. The number of ether oxygens (including phenoxy) is 3. The molecule has 5 rings (SSSR count). The van der Waals surface area contributed by atoms with Crippen molar-refractivity contribution in [3.8, 4) is 11.5 Å². The Balaban J connectivity index is 1.45. The number of rotatable bonds is 6. The molecular weight excluding hydrogens is 469 g/mol. The summed E-state index contributed by atoms with van der Waals surface area (Å²) in [5.74, 6) is -0.501. The molecule has 1 N–H and O–H groups in total. The van der Waals surface area contributed by atoms with Crippen molar-refractivity contribution in [1.82, 2.24) is 4.90 Å². The molecule has 9 nitrogen and oxygen atoms in total. The molecule has 3 fully saturated rings. The molecule has 10 heteroatoms. The molecule has 4 amide bonds. The van der Waals surface area contributed by atoms with Gasteiger partial charge in [0.05, 0.1) is 37.7 Å². The zero-order valence-electron chi connectivity index (χ0n) is 20.1. The first-order valence-electron chi connectivity index (χ1n) is 12.0. The fourth-order valence-corrected chi connectivity index (χ4v) is 5.51. The summed E-state index contributed by atoms with van der Waals surface area (Å²) < 4.78 is 30.3. The number of carbonyl (C=O) groups is 3. The number of hydrogen-bond donors (Lipinski definition) is 1. The number of hydrogen-bond acceptors (Lipinski definition) is 6. The number of nitrogens with one attached hydrogen (secondary N) is 1. The minimum atomic E-state index is -0.889. The molecule has 0 bridgehead atoms. The highest BCUT2D eigenvalue weighted by Crippen LogP contribution is 2.43. The van der Waals surface area contributed by atoms with E-state index in [0.717, 1.165) is 30.6 Å². The average Bonchev–Trinajstić information content (AvgIpc) is 3.27. The number of methoxy groups -OCH3 is 2. The maximum Gasteiger partial charge on any atom is 0.332 e. The van der Waals surface area contributed by atoms with Gasteiger partial charge in [-0.25, -0.2) is 14.1 Å². The summed E-state index contributed by atoms with van der Waals surface area (Å²) in [6.07, 6.45) is 2.53. The fraction of sp³-hybridized carbons (Fsp3) is 0.423. The highest BCUT2D eigenvalue weighted by atomic mass is 19.1. The predicted octanol–water partition coefficient (Wildman–Crippen LogP) is 3.58. The van der Waals surface area contributed by atoms with Gasteiger partial charge in [0, 0.05) is 12.0 Å². The Morgan fingerprint density at radius 3 is 2.56 bits per heavy atom. The third-order valence-electron chi connectivity index (χ3n) is 7.16. The van der Waals surface area contributed by atoms with Gasteiger partial charge in [-0.3, -0.25) is 9.59 Å². The number of nitrogens with zero attached hydrogens (tertiary/aromatic N) is 2. The van der Waals surface area contributed by atoms with Crippen LogP contribution in [0.3, 0.4) is 0 Å². The Bertz CT molecular complexity index is 1170. The van der Waals surface area contributed by atoms with Crippen LogP contribution in [0.2, 0.25) is 0 Å². The van der Waals surface area contributed by atoms with Crippen LogP contribution in [-0.2, 0) is 14.3 Å². The number of anilines is 2. The van der Waals surface area contributed by atoms with E-state index in [1.165, 1.54) is 43.4 Å². The average molecular weight is 498 g/mol. The molecule has 0 spiro atoms. The third-order valence-corrected chi connectivity index (χ3v) is 7.16. The second kappa shape index (κ2) is 9.77. The molecule has 2 aliphatic heterocycles. The van der Waals surface area contributed by atoms with Crippen LogP contribution in [0.1, 0.15) is 25.7 Å². The van der Waals surface area contributed by atoms with Crippen molar-refractivity contribution in [3.63, 3.8) is 0 Å². The van der Waals surface area contributed by atoms with Gasteiger partial charge in [-0.05, 0) is 49.2 Å². The summed E-state index contributed by atoms with van der Waals surface area (Å²) in [5.41, 5.74) is 0.621. The van der Waals surface area contributed by atoms with Crippen LogP contribution < -0.4 is 19.7 Å². The Morgan fingerprint density at radius 1 is 1.08 bits per heavy atom. The molecule has 0 radical (unpaired) electrons. The first-order valence-corrected chi connectivity index (χ1v) is 12.0. The van der Waals surface area contributed by atoms with E-state index in [1.54, 1.807) is 18.2 Å². The van der Waals surface area contributed by atoms with Crippen molar-refractivity contribution < 1.29 is 33.0 Å². The molecule has 2 heterocycles. The maximum atomic E-state index is 13.7. The van der Waals surface area contributed by atoms with Crippen LogP contribution >= 0.6 is 0 Å². The smallest absolute Gasteiger partial charge is 0.332 e. The summed E-state index contributed by atoms with van der Waals surface area (Å²) in [4.78, 5) is 42.8. The van der Waals surface area contributed by atoms with Gasteiger partial charge in [0.15, 0.2) is 6.10 Å². The Labute approximate surface area is 208 Å². The number of fused-ring (bicyclic) bond motifs is 3. The van der Waals surface area contributed by atoms with E-state index in [4.69, 9.17) is 14.2 Å². The number of imide groups is 1. The second-order valence-electron chi connectivity index (χ2n) is 9.21. The number of halogens is 1. The quantitative estimate of drug-likeness (QED) is 0.655. The van der Waals surface area contributed by atoms with Crippen LogP contribution in [0.15, 0.2) is 42.5 Å². The molecule has 190 valence electrons. The van der Waals surface area contributed by atoms with Gasteiger partial charge in [-0.2, -0.15) is 0 Å². The van der Waals surface area contributed by atoms with Crippen molar-refractivity contribution in [1.29, 1.82) is 0 Å². The monoisotopic (exact) mass is 497 g/mol. The first-order chi connectivity index (χ1) is 17.4. The van der Waals surface area contributed by atoms with E-state index < -0.39 is 35.8 Å². The van der Waals surface area contributed by atoms with Crippen molar-refractivity contribution >= 4 is 29.2 Å². The molecule has 2 aromatic carbocycles. The van der Waals surface area contributed by atoms with Crippen LogP contribution in [0.5, 0.6) is 11.5 Å². The Hall–Kier alpha value is -3.66. The highest BCUT2D eigenvalue weighted by molar-refractivity contribution is 6.18. The van der Waals surface area contributed by atoms with E-state index >= 15 is 0 Å². The molecule has 3 aliphatic rings. The van der Waals surface area contributed by atoms with Crippen molar-refractivity contribution in [3.05, 3.63) is 48.3 Å². The minimum Gasteiger partial charge on any atom is -0.497 e. The Morgan fingerprint density at radius 2 is 1.83 bits per heavy atom. The molecule has 0 aromatic heterocycles. The van der Waals surface area contributed by atoms with Crippen LogP contribution in [0.25, 0.3) is 0 Å². The van der Waals surface area contributed by atoms with Crippen molar-refractivity contribution in [2.45, 2.75) is 43.9 Å². The lowest BCUT2D eigenvalue weighted by molar-refractivity contribution is -0.133. The van der Waals surface area contributed by atoms with Crippen molar-refractivity contribution in [2.24, 2.45) is 5.92 Å². The van der Waals surface area contributed by atoms with Crippen LogP contribution in [-0.4, -0.2) is 61.8 Å². The van der Waals surface area contributed by atoms with E-state index in [9.17, 15) is 18.8 Å². The first kappa shape index (κ1) is 24.1. The van der Waals surface area contributed by atoms with Gasteiger partial charge in [0.25, 0.3) is 5.91 Å². The highest BCUT2D eigenvalue weighted by Gasteiger charge is 2.58. The lowest BCUT2D eigenvalue weighted by Gasteiger charge is -2.42. The normalized spacial score (nSPS) is 25.3. The topological polar surface area (TPSA) is 97.4 Å². The largest absolute Gasteiger partial charge is 0.497 e. The van der Waals surface area contributed by atoms with Gasteiger partial charge in [0.1, 0.15) is 23.9 Å². The van der Waals surface area contributed by atoms with Gasteiger partial charge >= 0.3 is 6.03 Å². The van der Waals surface area contributed by atoms with Gasteiger partial charge < -0.3 is 24.4 Å². The van der Waals surface area contributed by atoms with E-state index in [1.807, 2.05) is 0 Å². The molecule has 2 aromatic rings. The maximum absolute atomic E-state index is 13.7. The molecule has 1 aliphatic carbocycles. The summed E-state index contributed by atoms with van der Waals surface area (Å²) in [6, 6.07) is 8.93. The summed E-state index contributed by atoms with van der Waals surface area (Å²) in [7, 11) is 3.00. The van der Waals surface area contributed by atoms with Crippen LogP contribution in [0.4, 0.5) is 20.6 Å². The number of benzene rings is 2. The SMILES string of the molecule is COc1ccc(OC)c(NC(=O)CN2C(=O)N(c3ccc(F)cc3)C(=O)C3OC4CCCCC4C32)c1.